The van der Waals surface area contributed by atoms with Gasteiger partial charge in [-0.05, 0) is 6.42 Å². The molecule has 0 saturated carbocycles. The Morgan fingerprint density at radius 2 is 2.14 bits per heavy atom. The van der Waals surface area contributed by atoms with E-state index in [1.165, 1.54) is 0 Å². The summed E-state index contributed by atoms with van der Waals surface area (Å²) in [7, 11) is 0. The molecule has 0 aliphatic rings. The predicted molar refractivity (Wildman–Crippen MR) is 36.6 cm³/mol. The molecule has 44 valence electrons. The van der Waals surface area contributed by atoms with Gasteiger partial charge in [-0.25, -0.2) is 0 Å². The topological polar surface area (TPSA) is 40.5 Å². The molecule has 2 N–H and O–H groups in total. The average Bonchev–Trinajstić information content (AvgIpc) is 1.68. The molecule has 1 atom stereocenters. The first-order chi connectivity index (χ1) is 3.31. The molecular formula is C4H9IO2. The SMILES string of the molecule is OCC(O)CCI. The second-order valence-corrected chi connectivity index (χ2v) is 2.39. The Hall–Kier alpha value is 0.650. The minimum atomic E-state index is -0.503. The fourth-order valence-electron chi connectivity index (χ4n) is 0.217. The highest BCUT2D eigenvalue weighted by Gasteiger charge is 1.96. The molecule has 0 aromatic rings. The third kappa shape index (κ3) is 4.50. The Morgan fingerprint density at radius 1 is 1.57 bits per heavy atom. The highest BCUT2D eigenvalue weighted by atomic mass is 127. The normalized spacial score (nSPS) is 14.1. The Balaban J connectivity index is 2.83. The van der Waals surface area contributed by atoms with Crippen LogP contribution in [0.3, 0.4) is 0 Å². The lowest BCUT2D eigenvalue weighted by Gasteiger charge is -2.00. The molecule has 0 amide bonds. The summed E-state index contributed by atoms with van der Waals surface area (Å²) in [6.45, 7) is -0.108. The van der Waals surface area contributed by atoms with E-state index in [4.69, 9.17) is 10.2 Å². The number of hydrogen-bond donors (Lipinski definition) is 2. The van der Waals surface area contributed by atoms with E-state index >= 15 is 0 Å². The Kier molecular flexibility index (Phi) is 5.25. The maximum absolute atomic E-state index is 8.60. The first-order valence-electron chi connectivity index (χ1n) is 2.16. The van der Waals surface area contributed by atoms with Crippen LogP contribution in [-0.2, 0) is 0 Å². The molecule has 0 aliphatic carbocycles. The van der Waals surface area contributed by atoms with Crippen molar-refractivity contribution >= 4 is 22.6 Å². The van der Waals surface area contributed by atoms with E-state index in [1.807, 2.05) is 0 Å². The Morgan fingerprint density at radius 3 is 2.29 bits per heavy atom. The first kappa shape index (κ1) is 7.65. The van der Waals surface area contributed by atoms with Crippen LogP contribution in [0, 0.1) is 0 Å². The zero-order chi connectivity index (χ0) is 5.70. The summed E-state index contributed by atoms with van der Waals surface area (Å²) in [6, 6.07) is 0. The van der Waals surface area contributed by atoms with Gasteiger partial charge in [0.25, 0.3) is 0 Å². The molecule has 0 rings (SSSR count). The van der Waals surface area contributed by atoms with Crippen LogP contribution in [0.25, 0.3) is 0 Å². The molecule has 0 bridgehead atoms. The van der Waals surface area contributed by atoms with Crippen molar-refractivity contribution in [1.82, 2.24) is 0 Å². The summed E-state index contributed by atoms with van der Waals surface area (Å²) < 4.78 is 0.902. The zero-order valence-electron chi connectivity index (χ0n) is 3.97. The Labute approximate surface area is 56.7 Å². The molecule has 0 aliphatic heterocycles. The van der Waals surface area contributed by atoms with E-state index in [2.05, 4.69) is 22.6 Å². The van der Waals surface area contributed by atoms with Crippen molar-refractivity contribution in [1.29, 1.82) is 0 Å². The number of aliphatic hydroxyl groups excluding tert-OH is 2. The van der Waals surface area contributed by atoms with Gasteiger partial charge < -0.3 is 10.2 Å². The van der Waals surface area contributed by atoms with E-state index in [1.54, 1.807) is 0 Å². The van der Waals surface area contributed by atoms with Gasteiger partial charge in [-0.3, -0.25) is 0 Å². The summed E-state index contributed by atoms with van der Waals surface area (Å²) in [5.74, 6) is 0. The average molecular weight is 216 g/mol. The van der Waals surface area contributed by atoms with Crippen LogP contribution in [0.5, 0.6) is 0 Å². The zero-order valence-corrected chi connectivity index (χ0v) is 6.13. The van der Waals surface area contributed by atoms with E-state index < -0.39 is 6.10 Å². The van der Waals surface area contributed by atoms with Crippen LogP contribution < -0.4 is 0 Å². The number of hydrogen-bond acceptors (Lipinski definition) is 2. The molecule has 2 nitrogen and oxygen atoms in total. The lowest BCUT2D eigenvalue weighted by atomic mass is 10.3. The molecule has 0 spiro atoms. The minimum absolute atomic E-state index is 0.108. The highest BCUT2D eigenvalue weighted by molar-refractivity contribution is 14.1. The van der Waals surface area contributed by atoms with Gasteiger partial charge in [0.05, 0.1) is 12.7 Å². The number of halogens is 1. The predicted octanol–water partition coefficient (Wildman–Crippen LogP) is 0.165. The molecule has 0 radical (unpaired) electrons. The summed E-state index contributed by atoms with van der Waals surface area (Å²) >= 11 is 2.15. The maximum atomic E-state index is 8.60. The summed E-state index contributed by atoms with van der Waals surface area (Å²) in [5.41, 5.74) is 0. The standard InChI is InChI=1S/C4H9IO2/c5-2-1-4(7)3-6/h4,6-7H,1-3H2. The van der Waals surface area contributed by atoms with Crippen molar-refractivity contribution in [3.63, 3.8) is 0 Å². The first-order valence-corrected chi connectivity index (χ1v) is 3.68. The van der Waals surface area contributed by atoms with E-state index in [0.29, 0.717) is 6.42 Å². The van der Waals surface area contributed by atoms with E-state index in [0.717, 1.165) is 4.43 Å². The van der Waals surface area contributed by atoms with Gasteiger partial charge in [-0.1, -0.05) is 22.6 Å². The molecule has 3 heteroatoms. The number of rotatable bonds is 3. The van der Waals surface area contributed by atoms with Crippen LogP contribution >= 0.6 is 22.6 Å². The van der Waals surface area contributed by atoms with Gasteiger partial charge >= 0.3 is 0 Å². The van der Waals surface area contributed by atoms with Crippen molar-refractivity contribution in [2.24, 2.45) is 0 Å². The fraction of sp³-hybridized carbons (Fsp3) is 1.00. The molecule has 0 aromatic carbocycles. The van der Waals surface area contributed by atoms with Gasteiger partial charge in [0.2, 0.25) is 0 Å². The molecule has 0 fully saturated rings. The van der Waals surface area contributed by atoms with E-state index in [9.17, 15) is 0 Å². The lowest BCUT2D eigenvalue weighted by Crippen LogP contribution is -2.11. The van der Waals surface area contributed by atoms with Crippen molar-refractivity contribution in [2.75, 3.05) is 11.0 Å². The van der Waals surface area contributed by atoms with Crippen molar-refractivity contribution in [2.45, 2.75) is 12.5 Å². The molecule has 0 saturated heterocycles. The molecule has 0 heterocycles. The summed E-state index contributed by atoms with van der Waals surface area (Å²) in [5, 5.41) is 16.8. The maximum Gasteiger partial charge on any atom is 0.0778 e. The third-order valence-electron chi connectivity index (χ3n) is 0.653. The van der Waals surface area contributed by atoms with Crippen LogP contribution in [0.2, 0.25) is 0 Å². The number of alkyl halides is 1. The van der Waals surface area contributed by atoms with Crippen molar-refractivity contribution < 1.29 is 10.2 Å². The minimum Gasteiger partial charge on any atom is -0.394 e. The molecule has 1 unspecified atom stereocenters. The van der Waals surface area contributed by atoms with Gasteiger partial charge in [-0.2, -0.15) is 0 Å². The smallest absolute Gasteiger partial charge is 0.0778 e. The number of aliphatic hydroxyl groups is 2. The van der Waals surface area contributed by atoms with Crippen LogP contribution in [0.4, 0.5) is 0 Å². The summed E-state index contributed by atoms with van der Waals surface area (Å²) in [4.78, 5) is 0. The Bertz CT molecular complexity index is 40.7. The van der Waals surface area contributed by atoms with Crippen LogP contribution in [0.15, 0.2) is 0 Å². The second kappa shape index (κ2) is 4.80. The van der Waals surface area contributed by atoms with Crippen molar-refractivity contribution in [3.05, 3.63) is 0 Å². The quantitative estimate of drug-likeness (QED) is 0.521. The highest BCUT2D eigenvalue weighted by Crippen LogP contribution is 1.93. The van der Waals surface area contributed by atoms with E-state index in [-0.39, 0.29) is 6.61 Å². The van der Waals surface area contributed by atoms with Gasteiger partial charge in [0, 0.05) is 4.43 Å². The monoisotopic (exact) mass is 216 g/mol. The van der Waals surface area contributed by atoms with Crippen LogP contribution in [0.1, 0.15) is 6.42 Å². The van der Waals surface area contributed by atoms with Crippen LogP contribution in [-0.4, -0.2) is 27.4 Å². The van der Waals surface area contributed by atoms with Gasteiger partial charge in [0.15, 0.2) is 0 Å². The third-order valence-corrected chi connectivity index (χ3v) is 1.28. The van der Waals surface area contributed by atoms with Gasteiger partial charge in [0.1, 0.15) is 0 Å². The molecule has 0 aromatic heterocycles. The largest absolute Gasteiger partial charge is 0.394 e. The second-order valence-electron chi connectivity index (χ2n) is 1.31. The summed E-state index contributed by atoms with van der Waals surface area (Å²) in [6.07, 6.45) is 0.189. The van der Waals surface area contributed by atoms with Gasteiger partial charge in [-0.15, -0.1) is 0 Å². The molecule has 7 heavy (non-hydrogen) atoms. The molecular weight excluding hydrogens is 207 g/mol. The fourth-order valence-corrected chi connectivity index (χ4v) is 0.936. The lowest BCUT2D eigenvalue weighted by molar-refractivity contribution is 0.0937. The van der Waals surface area contributed by atoms with Crippen molar-refractivity contribution in [3.8, 4) is 0 Å².